The van der Waals surface area contributed by atoms with Crippen molar-refractivity contribution in [2.45, 2.75) is 32.9 Å². The predicted molar refractivity (Wildman–Crippen MR) is 61.2 cm³/mol. The van der Waals surface area contributed by atoms with E-state index in [9.17, 15) is 9.90 Å². The normalized spacial score (nSPS) is 10.9. The summed E-state index contributed by atoms with van der Waals surface area (Å²) in [5.41, 5.74) is 0.266. The van der Waals surface area contributed by atoms with E-state index >= 15 is 0 Å². The zero-order valence-electron chi connectivity index (χ0n) is 9.78. The number of phenols is 1. The number of amides is 1. The number of aromatic hydroxyl groups is 1. The average molecular weight is 223 g/mol. The summed E-state index contributed by atoms with van der Waals surface area (Å²) in [6.07, 6.45) is -0.490. The monoisotopic (exact) mass is 223 g/mol. The van der Waals surface area contributed by atoms with Crippen LogP contribution < -0.4 is 5.32 Å². The van der Waals surface area contributed by atoms with E-state index in [4.69, 9.17) is 4.74 Å². The smallest absolute Gasteiger partial charge is 0.407 e. The van der Waals surface area contributed by atoms with Crippen molar-refractivity contribution >= 4 is 6.09 Å². The molecule has 0 aliphatic rings. The summed E-state index contributed by atoms with van der Waals surface area (Å²) in [7, 11) is 0. The topological polar surface area (TPSA) is 58.6 Å². The van der Waals surface area contributed by atoms with Gasteiger partial charge in [0, 0.05) is 11.1 Å². The molecule has 0 heterocycles. The molecule has 0 aliphatic heterocycles. The standard InChI is InChI=1S/C12H17NO3/c1-12(2,3)13-11(15)16-8-9-6-4-5-7-10(9)14/h4-7,14H,8H2,1-3H3,(H,13,15). The Morgan fingerprint density at radius 3 is 2.56 bits per heavy atom. The van der Waals surface area contributed by atoms with Crippen LogP contribution in [0, 0.1) is 0 Å². The van der Waals surface area contributed by atoms with Gasteiger partial charge in [-0.05, 0) is 26.8 Å². The molecule has 1 aromatic rings. The molecule has 1 rings (SSSR count). The Hall–Kier alpha value is -1.71. The van der Waals surface area contributed by atoms with Gasteiger partial charge < -0.3 is 15.2 Å². The molecular weight excluding hydrogens is 206 g/mol. The summed E-state index contributed by atoms with van der Waals surface area (Å²) in [5, 5.41) is 12.1. The van der Waals surface area contributed by atoms with Crippen LogP contribution in [0.2, 0.25) is 0 Å². The van der Waals surface area contributed by atoms with Crippen LogP contribution in [-0.2, 0) is 11.3 Å². The third kappa shape index (κ3) is 4.21. The number of phenolic OH excluding ortho intramolecular Hbond substituents is 1. The molecule has 2 N–H and O–H groups in total. The van der Waals surface area contributed by atoms with E-state index in [-0.39, 0.29) is 17.9 Å². The number of carbonyl (C=O) groups is 1. The summed E-state index contributed by atoms with van der Waals surface area (Å²) in [6.45, 7) is 5.67. The first-order valence-electron chi connectivity index (χ1n) is 5.10. The zero-order chi connectivity index (χ0) is 12.2. The molecule has 0 atom stereocenters. The van der Waals surface area contributed by atoms with Gasteiger partial charge >= 0.3 is 6.09 Å². The van der Waals surface area contributed by atoms with Crippen molar-refractivity contribution in [1.82, 2.24) is 5.32 Å². The molecule has 0 fully saturated rings. The van der Waals surface area contributed by atoms with Gasteiger partial charge in [-0.2, -0.15) is 0 Å². The molecule has 0 bridgehead atoms. The molecule has 4 heteroatoms. The predicted octanol–water partition coefficient (Wildman–Crippen LogP) is 2.42. The number of hydrogen-bond donors (Lipinski definition) is 2. The highest BCUT2D eigenvalue weighted by Crippen LogP contribution is 2.16. The molecule has 16 heavy (non-hydrogen) atoms. The van der Waals surface area contributed by atoms with Gasteiger partial charge in [-0.15, -0.1) is 0 Å². The Kier molecular flexibility index (Phi) is 3.77. The molecule has 0 radical (unpaired) electrons. The van der Waals surface area contributed by atoms with Crippen LogP contribution in [0.1, 0.15) is 26.3 Å². The van der Waals surface area contributed by atoms with Gasteiger partial charge in [-0.25, -0.2) is 4.79 Å². The molecule has 0 aliphatic carbocycles. The number of carbonyl (C=O) groups excluding carboxylic acids is 1. The third-order valence-corrected chi connectivity index (χ3v) is 1.83. The number of rotatable bonds is 2. The number of alkyl carbamates (subject to hydrolysis) is 1. The van der Waals surface area contributed by atoms with E-state index in [0.717, 1.165) is 0 Å². The van der Waals surface area contributed by atoms with Crippen LogP contribution in [0.25, 0.3) is 0 Å². The first-order valence-corrected chi connectivity index (χ1v) is 5.10. The van der Waals surface area contributed by atoms with E-state index in [1.54, 1.807) is 24.3 Å². The highest BCUT2D eigenvalue weighted by molar-refractivity contribution is 5.68. The molecule has 88 valence electrons. The summed E-state index contributed by atoms with van der Waals surface area (Å²) in [4.78, 5) is 11.3. The Morgan fingerprint density at radius 2 is 2.00 bits per heavy atom. The van der Waals surface area contributed by atoms with Crippen LogP contribution in [0.5, 0.6) is 5.75 Å². The molecule has 1 aromatic carbocycles. The Labute approximate surface area is 95.2 Å². The number of hydrogen-bond acceptors (Lipinski definition) is 3. The van der Waals surface area contributed by atoms with Crippen molar-refractivity contribution in [3.05, 3.63) is 29.8 Å². The van der Waals surface area contributed by atoms with E-state index in [1.807, 2.05) is 20.8 Å². The van der Waals surface area contributed by atoms with Crippen molar-refractivity contribution in [3.63, 3.8) is 0 Å². The molecule has 0 unspecified atom stereocenters. The van der Waals surface area contributed by atoms with E-state index in [2.05, 4.69) is 5.32 Å². The molecular formula is C12H17NO3. The fraction of sp³-hybridized carbons (Fsp3) is 0.417. The third-order valence-electron chi connectivity index (χ3n) is 1.83. The molecule has 0 spiro atoms. The number of nitrogens with one attached hydrogen (secondary N) is 1. The van der Waals surface area contributed by atoms with Crippen molar-refractivity contribution in [1.29, 1.82) is 0 Å². The fourth-order valence-electron chi connectivity index (χ4n) is 1.12. The molecule has 1 amide bonds. The quantitative estimate of drug-likeness (QED) is 0.809. The lowest BCUT2D eigenvalue weighted by molar-refractivity contribution is 0.130. The lowest BCUT2D eigenvalue weighted by Crippen LogP contribution is -2.40. The van der Waals surface area contributed by atoms with Gasteiger partial charge in [0.2, 0.25) is 0 Å². The minimum Gasteiger partial charge on any atom is -0.508 e. The van der Waals surface area contributed by atoms with Crippen molar-refractivity contribution in [2.24, 2.45) is 0 Å². The van der Waals surface area contributed by atoms with Gasteiger partial charge in [0.15, 0.2) is 0 Å². The van der Waals surface area contributed by atoms with Crippen molar-refractivity contribution < 1.29 is 14.6 Å². The molecule has 0 aromatic heterocycles. The average Bonchev–Trinajstić information content (AvgIpc) is 2.14. The highest BCUT2D eigenvalue weighted by Gasteiger charge is 2.14. The SMILES string of the molecule is CC(C)(C)NC(=O)OCc1ccccc1O. The zero-order valence-corrected chi connectivity index (χ0v) is 9.78. The van der Waals surface area contributed by atoms with Gasteiger partial charge in [0.1, 0.15) is 12.4 Å². The van der Waals surface area contributed by atoms with Gasteiger partial charge in [-0.3, -0.25) is 0 Å². The summed E-state index contributed by atoms with van der Waals surface area (Å²) >= 11 is 0. The highest BCUT2D eigenvalue weighted by atomic mass is 16.5. The summed E-state index contributed by atoms with van der Waals surface area (Å²) in [5.74, 6) is 0.131. The second kappa shape index (κ2) is 4.88. The Bertz CT molecular complexity index is 369. The van der Waals surface area contributed by atoms with Crippen LogP contribution >= 0.6 is 0 Å². The first kappa shape index (κ1) is 12.4. The van der Waals surface area contributed by atoms with Crippen molar-refractivity contribution in [3.8, 4) is 5.75 Å². The van der Waals surface area contributed by atoms with Crippen LogP contribution in [0.15, 0.2) is 24.3 Å². The maximum Gasteiger partial charge on any atom is 0.407 e. The second-order valence-corrected chi connectivity index (χ2v) is 4.58. The van der Waals surface area contributed by atoms with Crippen LogP contribution in [-0.4, -0.2) is 16.7 Å². The first-order chi connectivity index (χ1) is 7.38. The lowest BCUT2D eigenvalue weighted by atomic mass is 10.1. The summed E-state index contributed by atoms with van der Waals surface area (Å²) in [6, 6.07) is 6.76. The van der Waals surface area contributed by atoms with Gasteiger partial charge in [-0.1, -0.05) is 18.2 Å². The molecule has 4 nitrogen and oxygen atoms in total. The Balaban J connectivity index is 2.47. The summed E-state index contributed by atoms with van der Waals surface area (Å²) < 4.78 is 4.97. The van der Waals surface area contributed by atoms with E-state index in [1.165, 1.54) is 0 Å². The maximum atomic E-state index is 11.3. The Morgan fingerprint density at radius 1 is 1.38 bits per heavy atom. The minimum atomic E-state index is -0.490. The van der Waals surface area contributed by atoms with Gasteiger partial charge in [0.05, 0.1) is 0 Å². The number of para-hydroxylation sites is 1. The van der Waals surface area contributed by atoms with Crippen LogP contribution in [0.4, 0.5) is 4.79 Å². The second-order valence-electron chi connectivity index (χ2n) is 4.58. The minimum absolute atomic E-state index is 0.0641. The largest absolute Gasteiger partial charge is 0.508 e. The van der Waals surface area contributed by atoms with Crippen molar-refractivity contribution in [2.75, 3.05) is 0 Å². The maximum absolute atomic E-state index is 11.3. The number of benzene rings is 1. The fourth-order valence-corrected chi connectivity index (χ4v) is 1.12. The van der Waals surface area contributed by atoms with E-state index < -0.39 is 6.09 Å². The van der Waals surface area contributed by atoms with E-state index in [0.29, 0.717) is 5.56 Å². The molecule has 0 saturated carbocycles. The molecule has 0 saturated heterocycles. The van der Waals surface area contributed by atoms with Gasteiger partial charge in [0.25, 0.3) is 0 Å². The van der Waals surface area contributed by atoms with Crippen LogP contribution in [0.3, 0.4) is 0 Å². The lowest BCUT2D eigenvalue weighted by Gasteiger charge is -2.20. The number of ether oxygens (including phenoxy) is 1.